The second kappa shape index (κ2) is 9.77. The van der Waals surface area contributed by atoms with E-state index in [0.29, 0.717) is 31.1 Å². The van der Waals surface area contributed by atoms with Crippen molar-refractivity contribution in [2.75, 3.05) is 31.3 Å². The summed E-state index contributed by atoms with van der Waals surface area (Å²) in [5.41, 5.74) is 0. The van der Waals surface area contributed by atoms with Gasteiger partial charge in [0.1, 0.15) is 6.04 Å². The lowest BCUT2D eigenvalue weighted by Gasteiger charge is -2.22. The van der Waals surface area contributed by atoms with Crippen molar-refractivity contribution in [2.24, 2.45) is 5.92 Å². The summed E-state index contributed by atoms with van der Waals surface area (Å²) in [6, 6.07) is 3.22. The lowest BCUT2D eigenvalue weighted by Crippen LogP contribution is -2.50. The third-order valence-electron chi connectivity index (χ3n) is 4.41. The van der Waals surface area contributed by atoms with Crippen LogP contribution in [0.15, 0.2) is 23.1 Å². The van der Waals surface area contributed by atoms with E-state index >= 15 is 0 Å². The van der Waals surface area contributed by atoms with Crippen molar-refractivity contribution >= 4 is 25.8 Å². The van der Waals surface area contributed by atoms with Gasteiger partial charge in [-0.15, -0.1) is 0 Å². The van der Waals surface area contributed by atoms with E-state index in [1.165, 1.54) is 25.1 Å². The topological polar surface area (TPSA) is 128 Å². The molecule has 1 unspecified atom stereocenters. The maximum absolute atomic E-state index is 12.8. The summed E-state index contributed by atoms with van der Waals surface area (Å²) in [6.07, 6.45) is 0.693. The fraction of sp³-hybridized carbons (Fsp3) is 0.611. The number of rotatable bonds is 9. The first kappa shape index (κ1) is 23.4. The average molecular weight is 449 g/mol. The Morgan fingerprint density at radius 1 is 1.10 bits per heavy atom. The summed E-state index contributed by atoms with van der Waals surface area (Å²) < 4.78 is 62.2. The van der Waals surface area contributed by atoms with E-state index in [1.54, 1.807) is 13.8 Å². The van der Waals surface area contributed by atoms with Crippen molar-refractivity contribution in [3.05, 3.63) is 18.2 Å². The third-order valence-corrected chi connectivity index (χ3v) is 7.56. The van der Waals surface area contributed by atoms with Gasteiger partial charge < -0.3 is 14.8 Å². The van der Waals surface area contributed by atoms with E-state index in [1.807, 2.05) is 0 Å². The third kappa shape index (κ3) is 6.58. The SMILES string of the molecule is CCS(=O)(=O)CCNC(=O)C(NS(=O)(=O)c1ccc2c(c1)OCCCO2)C(C)C. The quantitative estimate of drug-likeness (QED) is 0.569. The molecule has 0 saturated carbocycles. The molecule has 1 amide bonds. The molecule has 0 spiro atoms. The molecule has 2 N–H and O–H groups in total. The van der Waals surface area contributed by atoms with Crippen molar-refractivity contribution < 1.29 is 31.1 Å². The number of amides is 1. The molecule has 0 radical (unpaired) electrons. The van der Waals surface area contributed by atoms with Crippen molar-refractivity contribution in [3.63, 3.8) is 0 Å². The summed E-state index contributed by atoms with van der Waals surface area (Å²) in [6.45, 7) is 5.75. The molecule has 0 aliphatic carbocycles. The monoisotopic (exact) mass is 448 g/mol. The second-order valence-electron chi connectivity index (χ2n) is 7.03. The number of hydrogen-bond acceptors (Lipinski definition) is 7. The van der Waals surface area contributed by atoms with Crippen LogP contribution in [-0.4, -0.2) is 60.0 Å². The molecule has 1 aromatic rings. The number of sulfonamides is 1. The molecular formula is C18H28N2O7S2. The molecule has 1 heterocycles. The van der Waals surface area contributed by atoms with Gasteiger partial charge in [0, 0.05) is 24.8 Å². The van der Waals surface area contributed by atoms with E-state index in [9.17, 15) is 21.6 Å². The van der Waals surface area contributed by atoms with Gasteiger partial charge in [-0.25, -0.2) is 16.8 Å². The molecular weight excluding hydrogens is 420 g/mol. The molecule has 0 fully saturated rings. The predicted octanol–water partition coefficient (Wildman–Crippen LogP) is 0.702. The van der Waals surface area contributed by atoms with E-state index in [0.717, 1.165) is 0 Å². The maximum Gasteiger partial charge on any atom is 0.241 e. The first-order valence-corrected chi connectivity index (χ1v) is 12.8. The smallest absolute Gasteiger partial charge is 0.241 e. The number of nitrogens with one attached hydrogen (secondary N) is 2. The van der Waals surface area contributed by atoms with E-state index in [-0.39, 0.29) is 28.9 Å². The van der Waals surface area contributed by atoms with E-state index in [4.69, 9.17) is 9.47 Å². The highest BCUT2D eigenvalue weighted by Crippen LogP contribution is 2.32. The predicted molar refractivity (Wildman–Crippen MR) is 108 cm³/mol. The fourth-order valence-corrected chi connectivity index (χ4v) is 4.68. The van der Waals surface area contributed by atoms with Crippen LogP contribution in [0.5, 0.6) is 11.5 Å². The molecule has 0 bridgehead atoms. The van der Waals surface area contributed by atoms with Crippen LogP contribution in [-0.2, 0) is 24.7 Å². The number of hydrogen-bond donors (Lipinski definition) is 2. The Morgan fingerprint density at radius 3 is 2.38 bits per heavy atom. The van der Waals surface area contributed by atoms with Crippen molar-refractivity contribution in [1.82, 2.24) is 10.0 Å². The van der Waals surface area contributed by atoms with Crippen LogP contribution in [0, 0.1) is 5.92 Å². The fourth-order valence-electron chi connectivity index (χ4n) is 2.62. The maximum atomic E-state index is 12.8. The Morgan fingerprint density at radius 2 is 1.76 bits per heavy atom. The van der Waals surface area contributed by atoms with Gasteiger partial charge in [0.05, 0.1) is 23.9 Å². The Kier molecular flexibility index (Phi) is 7.89. The van der Waals surface area contributed by atoms with Crippen LogP contribution in [0.4, 0.5) is 0 Å². The number of carbonyl (C=O) groups is 1. The number of fused-ring (bicyclic) bond motifs is 1. The zero-order valence-electron chi connectivity index (χ0n) is 16.8. The minimum absolute atomic E-state index is 0.0206. The first-order chi connectivity index (χ1) is 13.6. The molecule has 0 saturated heterocycles. The van der Waals surface area contributed by atoms with Gasteiger partial charge in [-0.3, -0.25) is 4.79 Å². The summed E-state index contributed by atoms with van der Waals surface area (Å²) >= 11 is 0. The van der Waals surface area contributed by atoms with Gasteiger partial charge in [0.2, 0.25) is 15.9 Å². The Hall–Kier alpha value is -1.85. The molecule has 164 valence electrons. The van der Waals surface area contributed by atoms with Crippen LogP contribution in [0.25, 0.3) is 0 Å². The lowest BCUT2D eigenvalue weighted by molar-refractivity contribution is -0.123. The molecule has 1 aliphatic heterocycles. The summed E-state index contributed by atoms with van der Waals surface area (Å²) in [4.78, 5) is 12.4. The Bertz CT molecular complexity index is 928. The molecule has 11 heteroatoms. The van der Waals surface area contributed by atoms with Gasteiger partial charge >= 0.3 is 0 Å². The van der Waals surface area contributed by atoms with Gasteiger partial charge in [-0.05, 0) is 18.1 Å². The molecule has 1 aromatic carbocycles. The van der Waals surface area contributed by atoms with Crippen LogP contribution in [0.2, 0.25) is 0 Å². The van der Waals surface area contributed by atoms with Gasteiger partial charge in [-0.2, -0.15) is 4.72 Å². The largest absolute Gasteiger partial charge is 0.490 e. The highest BCUT2D eigenvalue weighted by molar-refractivity contribution is 7.91. The number of ether oxygens (including phenoxy) is 2. The zero-order valence-corrected chi connectivity index (χ0v) is 18.4. The standard InChI is InChI=1S/C18H28N2O7S2/c1-4-28(22,23)11-8-19-18(21)17(13(2)3)20-29(24,25)14-6-7-15-16(12-14)27-10-5-9-26-15/h6-7,12-13,17,20H,4-5,8-11H2,1-3H3,(H,19,21). The van der Waals surface area contributed by atoms with Crippen LogP contribution in [0.1, 0.15) is 27.2 Å². The molecule has 29 heavy (non-hydrogen) atoms. The van der Waals surface area contributed by atoms with Crippen LogP contribution < -0.4 is 19.5 Å². The molecule has 2 rings (SSSR count). The van der Waals surface area contributed by atoms with E-state index < -0.39 is 31.8 Å². The Labute approximate surface area is 172 Å². The molecule has 1 atom stereocenters. The summed E-state index contributed by atoms with van der Waals surface area (Å²) in [7, 11) is -7.25. The van der Waals surface area contributed by atoms with Crippen LogP contribution in [0.3, 0.4) is 0 Å². The number of carbonyl (C=O) groups excluding carboxylic acids is 1. The second-order valence-corrected chi connectivity index (χ2v) is 11.2. The normalized spacial score (nSPS) is 15.6. The average Bonchev–Trinajstić information content (AvgIpc) is 2.90. The first-order valence-electron chi connectivity index (χ1n) is 9.46. The lowest BCUT2D eigenvalue weighted by atomic mass is 10.1. The van der Waals surface area contributed by atoms with Gasteiger partial charge in [0.15, 0.2) is 21.3 Å². The molecule has 0 aromatic heterocycles. The number of sulfone groups is 1. The minimum Gasteiger partial charge on any atom is -0.490 e. The Balaban J connectivity index is 2.12. The van der Waals surface area contributed by atoms with Crippen molar-refractivity contribution in [2.45, 2.75) is 38.1 Å². The summed E-state index contributed by atoms with van der Waals surface area (Å²) in [5, 5.41) is 2.50. The van der Waals surface area contributed by atoms with Gasteiger partial charge in [-0.1, -0.05) is 20.8 Å². The molecule has 9 nitrogen and oxygen atoms in total. The van der Waals surface area contributed by atoms with E-state index in [2.05, 4.69) is 10.0 Å². The van der Waals surface area contributed by atoms with Gasteiger partial charge in [0.25, 0.3) is 0 Å². The van der Waals surface area contributed by atoms with Crippen LogP contribution >= 0.6 is 0 Å². The number of benzene rings is 1. The summed E-state index contributed by atoms with van der Waals surface area (Å²) in [5.74, 6) is -0.350. The highest BCUT2D eigenvalue weighted by atomic mass is 32.2. The van der Waals surface area contributed by atoms with Crippen molar-refractivity contribution in [3.8, 4) is 11.5 Å². The minimum atomic E-state index is -4.02. The zero-order chi connectivity index (χ0) is 21.7. The highest BCUT2D eigenvalue weighted by Gasteiger charge is 2.29. The molecule has 1 aliphatic rings. The van der Waals surface area contributed by atoms with Crippen molar-refractivity contribution in [1.29, 1.82) is 0 Å².